The molecule has 0 saturated carbocycles. The van der Waals surface area contributed by atoms with Crippen LogP contribution in [-0.4, -0.2) is 208 Å². The molecule has 1 rings (SSSR count). The highest BCUT2D eigenvalue weighted by Gasteiger charge is 2.46. The summed E-state index contributed by atoms with van der Waals surface area (Å²) in [5, 5.41) is 15.0. The van der Waals surface area contributed by atoms with Gasteiger partial charge in [-0.25, -0.2) is 0 Å². The van der Waals surface area contributed by atoms with E-state index in [1.54, 1.807) is 40.7 Å². The molecule has 2 N–H and O–H groups in total. The number of carbonyl (C=O) groups excluding carboxylic acids is 11. The van der Waals surface area contributed by atoms with Gasteiger partial charge in [-0.1, -0.05) is 122 Å². The highest BCUT2D eigenvalue weighted by Crippen LogP contribution is 2.30. The van der Waals surface area contributed by atoms with E-state index in [2.05, 4.69) is 11.9 Å². The summed E-state index contributed by atoms with van der Waals surface area (Å²) in [5.41, 5.74) is 0. The molecule has 0 aromatic carbocycles. The average Bonchev–Trinajstić information content (AvgIpc) is 1.37. The first kappa shape index (κ1) is 80.2. The number of Topliss-reactive ketones (excluding diaryl/α,β-unsaturated/α-hetero) is 3. The second-order valence-corrected chi connectivity index (χ2v) is 27.8. The lowest BCUT2D eigenvalue weighted by atomic mass is 9.84. The lowest BCUT2D eigenvalue weighted by Gasteiger charge is -2.41. The van der Waals surface area contributed by atoms with E-state index in [0.717, 1.165) is 4.90 Å². The van der Waals surface area contributed by atoms with Crippen molar-refractivity contribution in [3.8, 4) is 0 Å². The Hall–Kier alpha value is -5.79. The van der Waals surface area contributed by atoms with E-state index in [1.807, 2.05) is 82.2 Å². The molecule has 0 aromatic heterocycles. The molecule has 13 atom stereocenters. The molecule has 20 heteroatoms. The zero-order chi connectivity index (χ0) is 68.3. The number of nitrogens with zero attached hydrogens (tertiary/aromatic N) is 7. The highest BCUT2D eigenvalue weighted by atomic mass is 16.3. The summed E-state index contributed by atoms with van der Waals surface area (Å²) in [6, 6.07) is -9.40. The normalized spacial score (nSPS) is 27.5. The van der Waals surface area contributed by atoms with Crippen LogP contribution >= 0.6 is 0 Å². The quantitative estimate of drug-likeness (QED) is 0.135. The van der Waals surface area contributed by atoms with Crippen molar-refractivity contribution in [1.29, 1.82) is 0 Å². The van der Waals surface area contributed by atoms with E-state index in [9.17, 15) is 38.7 Å². The lowest BCUT2D eigenvalue weighted by molar-refractivity contribution is -0.157. The van der Waals surface area contributed by atoms with Crippen LogP contribution < -0.4 is 5.32 Å². The fourth-order valence-corrected chi connectivity index (χ4v) is 12.1. The van der Waals surface area contributed by atoms with Crippen molar-refractivity contribution in [2.75, 3.05) is 49.3 Å². The van der Waals surface area contributed by atoms with Gasteiger partial charge in [0.25, 0.3) is 0 Å². The zero-order valence-corrected chi connectivity index (χ0v) is 58.5. The topological polar surface area (TPSA) is 243 Å². The minimum absolute atomic E-state index is 0.0274. The van der Waals surface area contributed by atoms with E-state index in [0.29, 0.717) is 6.42 Å². The standard InChI is InChI=1S/C68H118N8O12/c1-26-29-31-45(16)60(80)59-57(79)37-48(28-3)63(83)70(19)50(30-27-2)65(85)72(21)52(33-40(6)7)56(78)38-49(43(12)13)64(84)71(20)51(32-39(4)5)55(77)36-46(17)61(81)69-47(18)62(82)73(22)53(34-41(8)9)66(86)74(23)54(35-42(10)11)67(87)75(24)58(44(14)15)68(88)76(59)25/h26-27,29,39-54,58-60,80H,2,28,30-38H2,1,3-25H3,(H,69,81)/b29-26+/t45-,46-,47-,48-,49+,50?,51+,52+,53+,54+,58+,59-,60-/m1/s1. The van der Waals surface area contributed by atoms with Crippen molar-refractivity contribution in [2.24, 2.45) is 59.2 Å². The third-order valence-corrected chi connectivity index (χ3v) is 17.8. The van der Waals surface area contributed by atoms with Gasteiger partial charge in [0.05, 0.1) is 18.2 Å². The number of nitrogens with one attached hydrogen (secondary N) is 1. The summed E-state index contributed by atoms with van der Waals surface area (Å²) in [7, 11) is 10.3. The minimum Gasteiger partial charge on any atom is -0.390 e. The molecule has 1 fully saturated rings. The van der Waals surface area contributed by atoms with Gasteiger partial charge < -0.3 is 44.7 Å². The summed E-state index contributed by atoms with van der Waals surface area (Å²) in [4.78, 5) is 172. The Bertz CT molecular complexity index is 2420. The van der Waals surface area contributed by atoms with E-state index >= 15 is 19.2 Å². The molecule has 1 aliphatic rings. The molecule has 0 aliphatic carbocycles. The van der Waals surface area contributed by atoms with Crippen LogP contribution in [-0.2, 0) is 52.7 Å². The number of aliphatic hydroxyl groups excluding tert-OH is 1. The van der Waals surface area contributed by atoms with Gasteiger partial charge in [-0.2, -0.15) is 0 Å². The number of ketones is 3. The first-order chi connectivity index (χ1) is 40.7. The van der Waals surface area contributed by atoms with Crippen LogP contribution in [0.3, 0.4) is 0 Å². The van der Waals surface area contributed by atoms with E-state index in [1.165, 1.54) is 91.7 Å². The molecule has 0 aromatic rings. The van der Waals surface area contributed by atoms with Crippen molar-refractivity contribution < 1.29 is 57.8 Å². The summed E-state index contributed by atoms with van der Waals surface area (Å²) >= 11 is 0. The van der Waals surface area contributed by atoms with Crippen LogP contribution in [0, 0.1) is 59.2 Å². The molecule has 88 heavy (non-hydrogen) atoms. The number of carbonyl (C=O) groups is 11. The van der Waals surface area contributed by atoms with Gasteiger partial charge in [-0.05, 0) is 100 Å². The predicted octanol–water partition coefficient (Wildman–Crippen LogP) is 7.49. The molecular weight excluding hydrogens is 1120 g/mol. The van der Waals surface area contributed by atoms with Gasteiger partial charge in [0.1, 0.15) is 36.3 Å². The fourth-order valence-electron chi connectivity index (χ4n) is 12.1. The number of hydrogen-bond donors (Lipinski definition) is 2. The van der Waals surface area contributed by atoms with Crippen molar-refractivity contribution in [1.82, 2.24) is 39.6 Å². The van der Waals surface area contributed by atoms with Gasteiger partial charge in [-0.3, -0.25) is 52.7 Å². The molecule has 20 nitrogen and oxygen atoms in total. The maximum Gasteiger partial charge on any atom is 0.246 e. The van der Waals surface area contributed by atoms with Gasteiger partial charge in [0.2, 0.25) is 47.3 Å². The van der Waals surface area contributed by atoms with Crippen molar-refractivity contribution in [3.63, 3.8) is 0 Å². The fraction of sp³-hybridized carbons (Fsp3) is 0.779. The van der Waals surface area contributed by atoms with Crippen LogP contribution in [0.4, 0.5) is 0 Å². The van der Waals surface area contributed by atoms with E-state index in [4.69, 9.17) is 0 Å². The Morgan fingerprint density at radius 3 is 1.32 bits per heavy atom. The Balaban J connectivity index is 4.45. The van der Waals surface area contributed by atoms with E-state index in [-0.39, 0.29) is 75.0 Å². The van der Waals surface area contributed by atoms with Crippen molar-refractivity contribution in [3.05, 3.63) is 24.8 Å². The summed E-state index contributed by atoms with van der Waals surface area (Å²) in [6.07, 6.45) is 3.89. The maximum atomic E-state index is 15.3. The first-order valence-electron chi connectivity index (χ1n) is 32.3. The molecule has 1 unspecified atom stereocenters. The van der Waals surface area contributed by atoms with Crippen molar-refractivity contribution >= 4 is 64.6 Å². The predicted molar refractivity (Wildman–Crippen MR) is 346 cm³/mol. The number of rotatable bonds is 17. The van der Waals surface area contributed by atoms with Gasteiger partial charge in [-0.15, -0.1) is 6.58 Å². The lowest BCUT2D eigenvalue weighted by Crippen LogP contribution is -2.61. The average molecular weight is 1240 g/mol. The Morgan fingerprint density at radius 2 is 0.886 bits per heavy atom. The van der Waals surface area contributed by atoms with Crippen LogP contribution in [0.2, 0.25) is 0 Å². The number of allylic oxidation sites excluding steroid dienone is 2. The third-order valence-electron chi connectivity index (χ3n) is 17.8. The molecule has 0 bridgehead atoms. The SMILES string of the molecule is C=CCC1C(=O)N(C)[C@@H](CC(C)C)C(=O)C[C@@H](C(C)C)C(=O)N(C)[C@@H](CC(C)C)C(=O)C[C@@H](C)C(=O)N[C@H](C)C(=O)N(C)[C@@H](CC(C)C)C(=O)N(C)[C@@H](CC(C)C)C(=O)N(C)[C@@H](C(C)C)C(=O)N(C)[C@@H]([C@H](O)[C@H](C)C/C=C/C)C(=O)C[C@@H](CC)C(=O)N1C. The largest absolute Gasteiger partial charge is 0.390 e. The van der Waals surface area contributed by atoms with Gasteiger partial charge in [0.15, 0.2) is 17.3 Å². The molecule has 1 saturated heterocycles. The zero-order valence-electron chi connectivity index (χ0n) is 58.5. The second-order valence-electron chi connectivity index (χ2n) is 27.8. The summed E-state index contributed by atoms with van der Waals surface area (Å²) in [5.74, 6) is -11.0. The molecule has 0 radical (unpaired) electrons. The molecule has 0 spiro atoms. The van der Waals surface area contributed by atoms with Crippen LogP contribution in [0.5, 0.6) is 0 Å². The van der Waals surface area contributed by atoms with Gasteiger partial charge in [0, 0.05) is 86.3 Å². The number of amides is 8. The van der Waals surface area contributed by atoms with E-state index < -0.39 is 161 Å². The minimum atomic E-state index is -1.51. The molecular formula is C68H118N8O12. The molecule has 8 amide bonds. The molecule has 1 aliphatic heterocycles. The molecule has 1 heterocycles. The summed E-state index contributed by atoms with van der Waals surface area (Å²) in [6.45, 7) is 34.5. The molecule has 502 valence electrons. The smallest absolute Gasteiger partial charge is 0.246 e. The first-order valence-corrected chi connectivity index (χ1v) is 32.3. The second kappa shape index (κ2) is 36.8. The van der Waals surface area contributed by atoms with Crippen LogP contribution in [0.25, 0.3) is 0 Å². The Labute approximate surface area is 529 Å². The Kier molecular flexibility index (Phi) is 33.5. The maximum absolute atomic E-state index is 15.3. The number of hydrogen-bond acceptors (Lipinski definition) is 12. The van der Waals surface area contributed by atoms with Crippen LogP contribution in [0.15, 0.2) is 24.8 Å². The number of likely N-dealkylation sites (N-methyl/N-ethyl adjacent to an activating group) is 7. The highest BCUT2D eigenvalue weighted by molar-refractivity contribution is 6.00. The Morgan fingerprint density at radius 1 is 0.489 bits per heavy atom. The third kappa shape index (κ3) is 22.0. The number of aliphatic hydroxyl groups is 1. The van der Waals surface area contributed by atoms with Gasteiger partial charge >= 0.3 is 0 Å². The van der Waals surface area contributed by atoms with Crippen LogP contribution in [0.1, 0.15) is 182 Å². The van der Waals surface area contributed by atoms with Crippen molar-refractivity contribution in [2.45, 2.75) is 236 Å². The summed E-state index contributed by atoms with van der Waals surface area (Å²) < 4.78 is 0. The monoisotopic (exact) mass is 1240 g/mol.